The lowest BCUT2D eigenvalue weighted by Crippen LogP contribution is -2.22. The molecule has 0 aliphatic rings. The minimum Gasteiger partial charge on any atom is -0.354 e. The van der Waals surface area contributed by atoms with E-state index in [2.05, 4.69) is 40.8 Å². The van der Waals surface area contributed by atoms with Crippen molar-refractivity contribution in [3.8, 4) is 22.5 Å². The van der Waals surface area contributed by atoms with Crippen molar-refractivity contribution in [3.63, 3.8) is 0 Å². The maximum absolute atomic E-state index is 12.4. The molecule has 0 aliphatic carbocycles. The summed E-state index contributed by atoms with van der Waals surface area (Å²) in [6.45, 7) is 2.53. The van der Waals surface area contributed by atoms with Crippen molar-refractivity contribution in [2.24, 2.45) is 0 Å². The normalized spacial score (nSPS) is 10.6. The average Bonchev–Trinajstić information content (AvgIpc) is 3.08. The molecule has 0 radical (unpaired) electrons. The number of rotatable bonds is 5. The van der Waals surface area contributed by atoms with Gasteiger partial charge in [-0.1, -0.05) is 42.5 Å². The van der Waals surface area contributed by atoms with Crippen LogP contribution in [0.15, 0.2) is 65.6 Å². The molecule has 0 atom stereocenters. The number of aromatic nitrogens is 1. The van der Waals surface area contributed by atoms with Gasteiger partial charge in [0.05, 0.1) is 11.3 Å². The summed E-state index contributed by atoms with van der Waals surface area (Å²) in [5.41, 5.74) is 4.55. The molecule has 0 bridgehead atoms. The van der Waals surface area contributed by atoms with E-state index in [-0.39, 0.29) is 5.91 Å². The molecular formula is C20H20N2OS. The number of carbonyl (C=O) groups is 1. The maximum atomic E-state index is 12.4. The molecular weight excluding hydrogens is 316 g/mol. The molecule has 0 saturated carbocycles. The molecule has 0 spiro atoms. The average molecular weight is 336 g/mol. The number of amides is 1. The Morgan fingerprint density at radius 1 is 1.04 bits per heavy atom. The van der Waals surface area contributed by atoms with Crippen molar-refractivity contribution in [3.05, 3.63) is 66.2 Å². The highest BCUT2D eigenvalue weighted by molar-refractivity contribution is 7.98. The molecule has 24 heavy (non-hydrogen) atoms. The lowest BCUT2D eigenvalue weighted by Gasteiger charge is -2.04. The van der Waals surface area contributed by atoms with Gasteiger partial charge in [0.15, 0.2) is 0 Å². The first-order valence-electron chi connectivity index (χ1n) is 7.94. The monoisotopic (exact) mass is 336 g/mol. The maximum Gasteiger partial charge on any atom is 0.253 e. The van der Waals surface area contributed by atoms with E-state index < -0.39 is 0 Å². The molecule has 1 heterocycles. The molecule has 3 nitrogen and oxygen atoms in total. The molecule has 2 N–H and O–H groups in total. The highest BCUT2D eigenvalue weighted by Crippen LogP contribution is 2.30. The van der Waals surface area contributed by atoms with Crippen molar-refractivity contribution >= 4 is 17.7 Å². The molecule has 3 rings (SSSR count). The van der Waals surface area contributed by atoms with Crippen molar-refractivity contribution in [2.75, 3.05) is 12.8 Å². The van der Waals surface area contributed by atoms with Crippen LogP contribution in [0.5, 0.6) is 0 Å². The Kier molecular flexibility index (Phi) is 5.06. The van der Waals surface area contributed by atoms with Gasteiger partial charge in [0.2, 0.25) is 0 Å². The van der Waals surface area contributed by atoms with E-state index in [1.54, 1.807) is 11.8 Å². The summed E-state index contributed by atoms with van der Waals surface area (Å²) < 4.78 is 0. The Labute approximate surface area is 146 Å². The van der Waals surface area contributed by atoms with Gasteiger partial charge in [-0.05, 0) is 42.5 Å². The fraction of sp³-hybridized carbons (Fsp3) is 0.150. The van der Waals surface area contributed by atoms with Crippen LogP contribution < -0.4 is 5.32 Å². The molecule has 0 fully saturated rings. The van der Waals surface area contributed by atoms with Crippen molar-refractivity contribution in [2.45, 2.75) is 11.8 Å². The number of H-pyrrole nitrogens is 1. The first kappa shape index (κ1) is 16.4. The zero-order valence-corrected chi connectivity index (χ0v) is 14.6. The fourth-order valence-corrected chi connectivity index (χ4v) is 3.06. The highest BCUT2D eigenvalue weighted by atomic mass is 32.2. The van der Waals surface area contributed by atoms with Crippen LogP contribution in [0.3, 0.4) is 0 Å². The van der Waals surface area contributed by atoms with Crippen molar-refractivity contribution in [1.29, 1.82) is 0 Å². The highest BCUT2D eigenvalue weighted by Gasteiger charge is 2.17. The van der Waals surface area contributed by atoms with Crippen molar-refractivity contribution in [1.82, 2.24) is 10.3 Å². The van der Waals surface area contributed by atoms with Gasteiger partial charge >= 0.3 is 0 Å². The topological polar surface area (TPSA) is 44.9 Å². The Balaban J connectivity index is 2.06. The zero-order valence-electron chi connectivity index (χ0n) is 13.8. The number of hydrogen-bond acceptors (Lipinski definition) is 2. The SMILES string of the molecule is CCNC(=O)c1cc(-c2ccc(SC)cc2)[nH]c1-c1ccccc1. The number of benzene rings is 2. The van der Waals surface area contributed by atoms with Gasteiger partial charge < -0.3 is 10.3 Å². The molecule has 2 aromatic carbocycles. The second-order valence-electron chi connectivity index (χ2n) is 5.43. The van der Waals surface area contributed by atoms with E-state index in [0.717, 1.165) is 22.5 Å². The Morgan fingerprint density at radius 2 is 1.75 bits per heavy atom. The summed E-state index contributed by atoms with van der Waals surface area (Å²) in [5, 5.41) is 2.89. The van der Waals surface area contributed by atoms with Gasteiger partial charge in [-0.2, -0.15) is 0 Å². The molecule has 4 heteroatoms. The smallest absolute Gasteiger partial charge is 0.253 e. The molecule has 1 amide bonds. The second-order valence-corrected chi connectivity index (χ2v) is 6.31. The Morgan fingerprint density at radius 3 is 2.38 bits per heavy atom. The largest absolute Gasteiger partial charge is 0.354 e. The van der Waals surface area contributed by atoms with Crippen LogP contribution in [-0.4, -0.2) is 23.7 Å². The summed E-state index contributed by atoms with van der Waals surface area (Å²) in [5.74, 6) is -0.0559. The first-order valence-corrected chi connectivity index (χ1v) is 9.16. The van der Waals surface area contributed by atoms with Crippen LogP contribution >= 0.6 is 11.8 Å². The van der Waals surface area contributed by atoms with Crippen LogP contribution in [0, 0.1) is 0 Å². The van der Waals surface area contributed by atoms with Gasteiger partial charge in [-0.3, -0.25) is 4.79 Å². The predicted molar refractivity (Wildman–Crippen MR) is 101 cm³/mol. The van der Waals surface area contributed by atoms with Gasteiger partial charge in [0.25, 0.3) is 5.91 Å². The third-order valence-corrected chi connectivity index (χ3v) is 4.61. The van der Waals surface area contributed by atoms with E-state index in [0.29, 0.717) is 12.1 Å². The lowest BCUT2D eigenvalue weighted by atomic mass is 10.1. The standard InChI is InChI=1S/C20H20N2OS/c1-3-21-20(23)17-13-18(14-9-11-16(24-2)12-10-14)22-19(17)15-7-5-4-6-8-15/h4-13,22H,3H2,1-2H3,(H,21,23). The number of nitrogens with one attached hydrogen (secondary N) is 2. The van der Waals surface area contributed by atoms with Gasteiger partial charge in [-0.15, -0.1) is 11.8 Å². The molecule has 0 saturated heterocycles. The number of hydrogen-bond donors (Lipinski definition) is 2. The van der Waals surface area contributed by atoms with Crippen LogP contribution in [-0.2, 0) is 0 Å². The van der Waals surface area contributed by atoms with E-state index in [9.17, 15) is 4.79 Å². The lowest BCUT2D eigenvalue weighted by molar-refractivity contribution is 0.0956. The van der Waals surface area contributed by atoms with Gasteiger partial charge in [0, 0.05) is 17.1 Å². The van der Waals surface area contributed by atoms with E-state index in [1.165, 1.54) is 4.90 Å². The number of aromatic amines is 1. The third-order valence-electron chi connectivity index (χ3n) is 3.86. The fourth-order valence-electron chi connectivity index (χ4n) is 2.65. The summed E-state index contributed by atoms with van der Waals surface area (Å²) in [6, 6.07) is 20.2. The predicted octanol–water partition coefficient (Wildman–Crippen LogP) is 4.82. The summed E-state index contributed by atoms with van der Waals surface area (Å²) in [6.07, 6.45) is 2.06. The summed E-state index contributed by atoms with van der Waals surface area (Å²) in [4.78, 5) is 17.1. The first-order chi connectivity index (χ1) is 11.7. The minimum atomic E-state index is -0.0559. The van der Waals surface area contributed by atoms with Gasteiger partial charge in [-0.25, -0.2) is 0 Å². The van der Waals surface area contributed by atoms with Crippen LogP contribution in [0.25, 0.3) is 22.5 Å². The van der Waals surface area contributed by atoms with Crippen LogP contribution in [0.2, 0.25) is 0 Å². The number of carbonyl (C=O) groups excluding carboxylic acids is 1. The molecule has 0 unspecified atom stereocenters. The van der Waals surface area contributed by atoms with Gasteiger partial charge in [0.1, 0.15) is 0 Å². The molecule has 0 aliphatic heterocycles. The summed E-state index contributed by atoms with van der Waals surface area (Å²) in [7, 11) is 0. The number of thioether (sulfide) groups is 1. The van der Waals surface area contributed by atoms with Crippen LogP contribution in [0.1, 0.15) is 17.3 Å². The Hall–Kier alpha value is -2.46. The van der Waals surface area contributed by atoms with E-state index in [1.807, 2.05) is 43.3 Å². The quantitative estimate of drug-likeness (QED) is 0.656. The van der Waals surface area contributed by atoms with Crippen molar-refractivity contribution < 1.29 is 4.79 Å². The molecule has 3 aromatic rings. The molecule has 122 valence electrons. The minimum absolute atomic E-state index is 0.0559. The Bertz CT molecular complexity index is 823. The third kappa shape index (κ3) is 3.39. The molecule has 1 aromatic heterocycles. The van der Waals surface area contributed by atoms with E-state index >= 15 is 0 Å². The summed E-state index contributed by atoms with van der Waals surface area (Å²) >= 11 is 1.72. The van der Waals surface area contributed by atoms with Crippen LogP contribution in [0.4, 0.5) is 0 Å². The van der Waals surface area contributed by atoms with E-state index in [4.69, 9.17) is 0 Å². The second kappa shape index (κ2) is 7.41. The zero-order chi connectivity index (χ0) is 16.9.